The van der Waals surface area contributed by atoms with Crippen LogP contribution in [0.15, 0.2) is 84.9 Å². The number of phenols is 1. The molecule has 0 atom stereocenters. The summed E-state index contributed by atoms with van der Waals surface area (Å²) in [4.78, 5) is 0. The molecule has 0 amide bonds. The standard InChI is InChI=1S/C20H19OP/c1-2-22(17-11-5-3-6-12-17,18-13-7-4-8-14-18)20-16-10-9-15-19(20)21/h3-16H,2H2,1H3/p+1. The van der Waals surface area contributed by atoms with Crippen LogP contribution in [0.2, 0.25) is 0 Å². The van der Waals surface area contributed by atoms with Crippen molar-refractivity contribution in [3.05, 3.63) is 84.9 Å². The van der Waals surface area contributed by atoms with Crippen LogP contribution in [0, 0.1) is 0 Å². The van der Waals surface area contributed by atoms with Gasteiger partial charge < -0.3 is 5.11 Å². The molecule has 1 nitrogen and oxygen atoms in total. The van der Waals surface area contributed by atoms with Crippen LogP contribution in [0.25, 0.3) is 0 Å². The average molecular weight is 307 g/mol. The lowest BCUT2D eigenvalue weighted by Crippen LogP contribution is -2.32. The number of para-hydroxylation sites is 1. The summed E-state index contributed by atoms with van der Waals surface area (Å²) < 4.78 is 0. The summed E-state index contributed by atoms with van der Waals surface area (Å²) in [5.41, 5.74) is 0. The molecule has 0 saturated heterocycles. The van der Waals surface area contributed by atoms with E-state index in [0.29, 0.717) is 5.75 Å². The second-order valence-electron chi connectivity index (χ2n) is 5.29. The van der Waals surface area contributed by atoms with E-state index in [1.807, 2.05) is 24.3 Å². The fourth-order valence-electron chi connectivity index (χ4n) is 3.11. The molecule has 0 aliphatic heterocycles. The molecule has 0 heterocycles. The quantitative estimate of drug-likeness (QED) is 0.729. The Morgan fingerprint density at radius 3 is 1.59 bits per heavy atom. The van der Waals surface area contributed by atoms with Gasteiger partial charge in [-0.3, -0.25) is 0 Å². The first kappa shape index (κ1) is 14.8. The van der Waals surface area contributed by atoms with Crippen molar-refractivity contribution in [2.24, 2.45) is 0 Å². The second-order valence-corrected chi connectivity index (χ2v) is 9.05. The number of rotatable bonds is 4. The first-order valence-electron chi connectivity index (χ1n) is 7.57. The summed E-state index contributed by atoms with van der Waals surface area (Å²) in [5, 5.41) is 14.2. The van der Waals surface area contributed by atoms with Gasteiger partial charge in [-0.15, -0.1) is 0 Å². The van der Waals surface area contributed by atoms with Gasteiger partial charge >= 0.3 is 0 Å². The number of aromatic hydroxyl groups is 1. The fraction of sp³-hybridized carbons (Fsp3) is 0.100. The van der Waals surface area contributed by atoms with E-state index in [1.54, 1.807) is 6.07 Å². The molecule has 0 aliphatic carbocycles. The monoisotopic (exact) mass is 307 g/mol. The van der Waals surface area contributed by atoms with E-state index in [4.69, 9.17) is 0 Å². The van der Waals surface area contributed by atoms with Crippen LogP contribution in [0.3, 0.4) is 0 Å². The maximum atomic E-state index is 10.5. The van der Waals surface area contributed by atoms with E-state index < -0.39 is 7.26 Å². The molecule has 3 aromatic rings. The molecule has 22 heavy (non-hydrogen) atoms. The highest BCUT2D eigenvalue weighted by atomic mass is 31.2. The van der Waals surface area contributed by atoms with Gasteiger partial charge in [-0.25, -0.2) is 0 Å². The molecule has 3 aromatic carbocycles. The lowest BCUT2D eigenvalue weighted by atomic mass is 10.3. The number of hydrogen-bond donors (Lipinski definition) is 1. The summed E-state index contributed by atoms with van der Waals surface area (Å²) in [6.07, 6.45) is 0.985. The molecule has 2 heteroatoms. The zero-order valence-electron chi connectivity index (χ0n) is 12.7. The Kier molecular flexibility index (Phi) is 4.27. The zero-order valence-corrected chi connectivity index (χ0v) is 13.6. The molecular formula is C20H20OP+. The SMILES string of the molecule is CC[P+](c1ccccc1)(c1ccccc1)c1ccccc1O. The van der Waals surface area contributed by atoms with E-state index in [1.165, 1.54) is 10.6 Å². The lowest BCUT2D eigenvalue weighted by molar-refractivity contribution is 0.479. The third-order valence-corrected chi connectivity index (χ3v) is 8.67. The predicted octanol–water partition coefficient (Wildman–Crippen LogP) is 3.71. The summed E-state index contributed by atoms with van der Waals surface area (Å²) in [6, 6.07) is 29.0. The molecule has 0 saturated carbocycles. The van der Waals surface area contributed by atoms with Crippen LogP contribution in [-0.4, -0.2) is 11.3 Å². The van der Waals surface area contributed by atoms with E-state index in [0.717, 1.165) is 11.5 Å². The van der Waals surface area contributed by atoms with Gasteiger partial charge in [0.05, 0.1) is 6.16 Å². The van der Waals surface area contributed by atoms with Crippen LogP contribution in [-0.2, 0) is 0 Å². The third-order valence-electron chi connectivity index (χ3n) is 4.16. The Hall–Kier alpha value is -2.11. The topological polar surface area (TPSA) is 20.2 Å². The second kappa shape index (κ2) is 6.34. The van der Waals surface area contributed by atoms with Gasteiger partial charge in [0, 0.05) is 0 Å². The molecule has 0 aliphatic rings. The van der Waals surface area contributed by atoms with Crippen molar-refractivity contribution < 1.29 is 5.11 Å². The van der Waals surface area contributed by atoms with Gasteiger partial charge in [0.1, 0.15) is 23.2 Å². The molecule has 0 unspecified atom stereocenters. The average Bonchev–Trinajstić information content (AvgIpc) is 2.59. The lowest BCUT2D eigenvalue weighted by Gasteiger charge is -2.26. The predicted molar refractivity (Wildman–Crippen MR) is 97.4 cm³/mol. The Morgan fingerprint density at radius 1 is 0.682 bits per heavy atom. The minimum Gasteiger partial charge on any atom is -0.504 e. The van der Waals surface area contributed by atoms with Crippen LogP contribution in [0.5, 0.6) is 5.75 Å². The van der Waals surface area contributed by atoms with Crippen LogP contribution < -0.4 is 15.9 Å². The molecule has 0 aromatic heterocycles. The summed E-state index contributed by atoms with van der Waals surface area (Å²) in [5.74, 6) is 0.394. The normalized spacial score (nSPS) is 11.3. The van der Waals surface area contributed by atoms with E-state index >= 15 is 0 Å². The van der Waals surface area contributed by atoms with Gasteiger partial charge in [0.15, 0.2) is 5.75 Å². The maximum absolute atomic E-state index is 10.5. The highest BCUT2D eigenvalue weighted by Gasteiger charge is 2.45. The smallest absolute Gasteiger partial charge is 0.158 e. The third kappa shape index (κ3) is 2.42. The molecule has 0 radical (unpaired) electrons. The van der Waals surface area contributed by atoms with Crippen molar-refractivity contribution in [2.45, 2.75) is 6.92 Å². The summed E-state index contributed by atoms with van der Waals surface area (Å²) in [7, 11) is -1.82. The van der Waals surface area contributed by atoms with Crippen LogP contribution in [0.1, 0.15) is 6.92 Å². The van der Waals surface area contributed by atoms with Crippen LogP contribution >= 0.6 is 7.26 Å². The van der Waals surface area contributed by atoms with Gasteiger partial charge in [-0.05, 0) is 43.3 Å². The largest absolute Gasteiger partial charge is 0.504 e. The molecular weight excluding hydrogens is 287 g/mol. The Labute approximate surface area is 132 Å². The Morgan fingerprint density at radius 2 is 1.14 bits per heavy atom. The van der Waals surface area contributed by atoms with E-state index in [-0.39, 0.29) is 0 Å². The minimum atomic E-state index is -1.82. The first-order valence-corrected chi connectivity index (χ1v) is 9.54. The number of hydrogen-bond acceptors (Lipinski definition) is 1. The fourth-order valence-corrected chi connectivity index (χ4v) is 7.21. The minimum absolute atomic E-state index is 0.394. The van der Waals surface area contributed by atoms with Gasteiger partial charge in [0.25, 0.3) is 0 Å². The van der Waals surface area contributed by atoms with Crippen molar-refractivity contribution in [2.75, 3.05) is 6.16 Å². The number of phenolic OH excluding ortho intramolecular Hbond substituents is 1. The van der Waals surface area contributed by atoms with Crippen molar-refractivity contribution in [3.8, 4) is 5.75 Å². The van der Waals surface area contributed by atoms with Gasteiger partial charge in [-0.1, -0.05) is 48.5 Å². The van der Waals surface area contributed by atoms with E-state index in [2.05, 4.69) is 61.5 Å². The van der Waals surface area contributed by atoms with Crippen molar-refractivity contribution >= 4 is 23.2 Å². The molecule has 1 N–H and O–H groups in total. The molecule has 0 bridgehead atoms. The molecule has 0 spiro atoms. The van der Waals surface area contributed by atoms with Gasteiger partial charge in [0.2, 0.25) is 0 Å². The van der Waals surface area contributed by atoms with Crippen molar-refractivity contribution in [1.29, 1.82) is 0 Å². The zero-order chi connectivity index (χ0) is 15.4. The Balaban J connectivity index is 2.34. The Bertz CT molecular complexity index is 698. The van der Waals surface area contributed by atoms with E-state index in [9.17, 15) is 5.11 Å². The van der Waals surface area contributed by atoms with Crippen molar-refractivity contribution in [3.63, 3.8) is 0 Å². The summed E-state index contributed by atoms with van der Waals surface area (Å²) >= 11 is 0. The molecule has 110 valence electrons. The maximum Gasteiger partial charge on any atom is 0.158 e. The highest BCUT2D eigenvalue weighted by molar-refractivity contribution is 7.95. The highest BCUT2D eigenvalue weighted by Crippen LogP contribution is 2.56. The van der Waals surface area contributed by atoms with Crippen molar-refractivity contribution in [1.82, 2.24) is 0 Å². The van der Waals surface area contributed by atoms with Crippen LogP contribution in [0.4, 0.5) is 0 Å². The van der Waals surface area contributed by atoms with Gasteiger partial charge in [-0.2, -0.15) is 0 Å². The molecule has 0 fully saturated rings. The number of benzene rings is 3. The first-order chi connectivity index (χ1) is 10.8. The summed E-state index contributed by atoms with van der Waals surface area (Å²) in [6.45, 7) is 2.22. The molecule has 3 rings (SSSR count).